The van der Waals surface area contributed by atoms with Gasteiger partial charge in [-0.25, -0.2) is 4.79 Å². The number of carboxylic acids is 1. The van der Waals surface area contributed by atoms with Crippen LogP contribution in [0, 0.1) is 11.8 Å². The first-order chi connectivity index (χ1) is 8.50. The average Bonchev–Trinajstić information content (AvgIpc) is 2.75. The van der Waals surface area contributed by atoms with Gasteiger partial charge in [-0.15, -0.1) is 0 Å². The second-order valence-corrected chi connectivity index (χ2v) is 3.76. The number of carbonyl (C=O) groups is 2. The van der Waals surface area contributed by atoms with Gasteiger partial charge in [0, 0.05) is 26.1 Å². The highest BCUT2D eigenvalue weighted by molar-refractivity contribution is 5.72. The molecule has 2 N–H and O–H groups in total. The summed E-state index contributed by atoms with van der Waals surface area (Å²) in [4.78, 5) is 21.3. The minimum Gasteiger partial charge on any atom is -0.480 e. The molecule has 1 aromatic rings. The van der Waals surface area contributed by atoms with E-state index in [0.29, 0.717) is 18.5 Å². The standard InChI is InChI=1S/C12H15N3O3/c1-9(12(17)18)15-8-11(7-14-15)5-3-4-6-13-10(2)16/h7-9H,4,6H2,1-2H3,(H,13,16)(H,17,18)/t9-/m0/s1. The topological polar surface area (TPSA) is 84.2 Å². The third kappa shape index (κ3) is 4.29. The molecule has 1 aromatic heterocycles. The van der Waals surface area contributed by atoms with Crippen molar-refractivity contribution in [1.82, 2.24) is 15.1 Å². The molecule has 0 aliphatic carbocycles. The Morgan fingerprint density at radius 3 is 2.94 bits per heavy atom. The lowest BCUT2D eigenvalue weighted by Gasteiger charge is -2.04. The first-order valence-electron chi connectivity index (χ1n) is 5.51. The third-order valence-corrected chi connectivity index (χ3v) is 2.21. The fourth-order valence-electron chi connectivity index (χ4n) is 1.19. The number of aliphatic carboxylic acids is 1. The zero-order chi connectivity index (χ0) is 13.5. The highest BCUT2D eigenvalue weighted by Gasteiger charge is 2.13. The molecule has 0 bridgehead atoms. The van der Waals surface area contributed by atoms with Crippen molar-refractivity contribution in [2.75, 3.05) is 6.54 Å². The fraction of sp³-hybridized carbons (Fsp3) is 0.417. The van der Waals surface area contributed by atoms with Gasteiger partial charge < -0.3 is 10.4 Å². The van der Waals surface area contributed by atoms with E-state index < -0.39 is 12.0 Å². The summed E-state index contributed by atoms with van der Waals surface area (Å²) in [6.45, 7) is 3.50. The first-order valence-corrected chi connectivity index (χ1v) is 5.51. The van der Waals surface area contributed by atoms with E-state index in [1.54, 1.807) is 13.1 Å². The molecule has 6 heteroatoms. The molecule has 1 amide bonds. The SMILES string of the molecule is CC(=O)NCCC#Cc1cnn([C@@H](C)C(=O)O)c1. The van der Waals surface area contributed by atoms with Crippen LogP contribution in [0.15, 0.2) is 12.4 Å². The van der Waals surface area contributed by atoms with E-state index in [1.807, 2.05) is 0 Å². The van der Waals surface area contributed by atoms with Crippen LogP contribution in [0.2, 0.25) is 0 Å². The molecular formula is C12H15N3O3. The van der Waals surface area contributed by atoms with E-state index in [9.17, 15) is 9.59 Å². The summed E-state index contributed by atoms with van der Waals surface area (Å²) in [5, 5.41) is 15.4. The maximum absolute atomic E-state index is 10.7. The summed E-state index contributed by atoms with van der Waals surface area (Å²) in [6, 6.07) is -0.708. The molecule has 0 saturated carbocycles. The molecule has 0 aliphatic rings. The second kappa shape index (κ2) is 6.45. The molecule has 18 heavy (non-hydrogen) atoms. The predicted molar refractivity (Wildman–Crippen MR) is 64.8 cm³/mol. The van der Waals surface area contributed by atoms with Crippen LogP contribution in [0.1, 0.15) is 31.9 Å². The van der Waals surface area contributed by atoms with E-state index in [2.05, 4.69) is 22.3 Å². The third-order valence-electron chi connectivity index (χ3n) is 2.21. The molecule has 1 atom stereocenters. The van der Waals surface area contributed by atoms with Crippen molar-refractivity contribution in [2.24, 2.45) is 0 Å². The van der Waals surface area contributed by atoms with Crippen molar-refractivity contribution in [3.05, 3.63) is 18.0 Å². The molecule has 96 valence electrons. The normalized spacial score (nSPS) is 11.2. The molecule has 0 spiro atoms. The number of rotatable bonds is 4. The van der Waals surface area contributed by atoms with Crippen LogP contribution >= 0.6 is 0 Å². The number of amides is 1. The molecule has 0 aromatic carbocycles. The number of hydrogen-bond donors (Lipinski definition) is 2. The van der Waals surface area contributed by atoms with Gasteiger partial charge in [0.2, 0.25) is 5.91 Å². The molecule has 1 heterocycles. The Labute approximate surface area is 105 Å². The summed E-state index contributed by atoms with van der Waals surface area (Å²) in [5.74, 6) is 4.70. The lowest BCUT2D eigenvalue weighted by atomic mass is 10.3. The Morgan fingerprint density at radius 1 is 1.61 bits per heavy atom. The van der Waals surface area contributed by atoms with Gasteiger partial charge in [-0.05, 0) is 6.92 Å². The van der Waals surface area contributed by atoms with Gasteiger partial charge in [0.15, 0.2) is 0 Å². The summed E-state index contributed by atoms with van der Waals surface area (Å²) >= 11 is 0. The largest absolute Gasteiger partial charge is 0.480 e. The second-order valence-electron chi connectivity index (χ2n) is 3.76. The first kappa shape index (κ1) is 13.8. The van der Waals surface area contributed by atoms with Gasteiger partial charge in [0.05, 0.1) is 11.8 Å². The highest BCUT2D eigenvalue weighted by atomic mass is 16.4. The smallest absolute Gasteiger partial charge is 0.328 e. The Kier molecular flexibility index (Phi) is 4.93. The van der Waals surface area contributed by atoms with Crippen LogP contribution in [-0.4, -0.2) is 33.3 Å². The maximum atomic E-state index is 10.7. The number of carbonyl (C=O) groups excluding carboxylic acids is 1. The Hall–Kier alpha value is -2.29. The van der Waals surface area contributed by atoms with E-state index in [1.165, 1.54) is 17.8 Å². The Balaban J connectivity index is 2.51. The number of aromatic nitrogens is 2. The van der Waals surface area contributed by atoms with Gasteiger partial charge in [0.1, 0.15) is 6.04 Å². The maximum Gasteiger partial charge on any atom is 0.328 e. The molecule has 6 nitrogen and oxygen atoms in total. The van der Waals surface area contributed by atoms with E-state index in [-0.39, 0.29) is 5.91 Å². The van der Waals surface area contributed by atoms with Crippen LogP contribution in [0.4, 0.5) is 0 Å². The van der Waals surface area contributed by atoms with E-state index in [0.717, 1.165) is 0 Å². The van der Waals surface area contributed by atoms with Gasteiger partial charge in [-0.3, -0.25) is 9.48 Å². The number of nitrogens with zero attached hydrogens (tertiary/aromatic N) is 2. The summed E-state index contributed by atoms with van der Waals surface area (Å²) in [5.41, 5.74) is 0.658. The van der Waals surface area contributed by atoms with Gasteiger partial charge in [-0.2, -0.15) is 5.10 Å². The van der Waals surface area contributed by atoms with Crippen molar-refractivity contribution >= 4 is 11.9 Å². The summed E-state index contributed by atoms with van der Waals surface area (Å²) in [7, 11) is 0. The van der Waals surface area contributed by atoms with Crippen molar-refractivity contribution in [3.63, 3.8) is 0 Å². The van der Waals surface area contributed by atoms with Crippen LogP contribution < -0.4 is 5.32 Å². The van der Waals surface area contributed by atoms with Crippen LogP contribution in [0.5, 0.6) is 0 Å². The van der Waals surface area contributed by atoms with Gasteiger partial charge in [0.25, 0.3) is 0 Å². The minimum atomic E-state index is -0.941. The van der Waals surface area contributed by atoms with Crippen LogP contribution in [-0.2, 0) is 9.59 Å². The van der Waals surface area contributed by atoms with Crippen molar-refractivity contribution < 1.29 is 14.7 Å². The minimum absolute atomic E-state index is 0.0834. The molecular weight excluding hydrogens is 234 g/mol. The van der Waals surface area contributed by atoms with Gasteiger partial charge >= 0.3 is 5.97 Å². The number of carboxylic acid groups (broad SMARTS) is 1. The van der Waals surface area contributed by atoms with Crippen LogP contribution in [0.3, 0.4) is 0 Å². The quantitative estimate of drug-likeness (QED) is 0.598. The van der Waals surface area contributed by atoms with Crippen LogP contribution in [0.25, 0.3) is 0 Å². The molecule has 0 aliphatic heterocycles. The molecule has 0 unspecified atom stereocenters. The Morgan fingerprint density at radius 2 is 2.33 bits per heavy atom. The predicted octanol–water partition coefficient (Wildman–Crippen LogP) is 0.406. The number of nitrogens with one attached hydrogen (secondary N) is 1. The monoisotopic (exact) mass is 249 g/mol. The average molecular weight is 249 g/mol. The van der Waals surface area contributed by atoms with E-state index >= 15 is 0 Å². The van der Waals surface area contributed by atoms with Crippen molar-refractivity contribution in [3.8, 4) is 11.8 Å². The Bertz CT molecular complexity index is 496. The van der Waals surface area contributed by atoms with Gasteiger partial charge in [-0.1, -0.05) is 11.8 Å². The van der Waals surface area contributed by atoms with E-state index in [4.69, 9.17) is 5.11 Å². The lowest BCUT2D eigenvalue weighted by molar-refractivity contribution is -0.140. The summed E-state index contributed by atoms with van der Waals surface area (Å²) in [6.07, 6.45) is 3.65. The number of hydrogen-bond acceptors (Lipinski definition) is 3. The molecule has 0 radical (unpaired) electrons. The zero-order valence-corrected chi connectivity index (χ0v) is 10.3. The lowest BCUT2D eigenvalue weighted by Crippen LogP contribution is -2.20. The fourth-order valence-corrected chi connectivity index (χ4v) is 1.19. The summed E-state index contributed by atoms with van der Waals surface area (Å²) < 4.78 is 1.35. The van der Waals surface area contributed by atoms with Crippen molar-refractivity contribution in [2.45, 2.75) is 26.3 Å². The molecule has 1 rings (SSSR count). The molecule has 0 saturated heterocycles. The van der Waals surface area contributed by atoms with Crippen molar-refractivity contribution in [1.29, 1.82) is 0 Å². The molecule has 0 fully saturated rings. The highest BCUT2D eigenvalue weighted by Crippen LogP contribution is 2.05. The zero-order valence-electron chi connectivity index (χ0n) is 10.3.